The molecule has 2 aliphatic heterocycles. The summed E-state index contributed by atoms with van der Waals surface area (Å²) in [5.74, 6) is -0.496. The summed E-state index contributed by atoms with van der Waals surface area (Å²) in [6.07, 6.45) is 7.74. The van der Waals surface area contributed by atoms with Gasteiger partial charge in [-0.15, -0.1) is 0 Å². The highest BCUT2D eigenvalue weighted by Crippen LogP contribution is 2.19. The normalized spacial score (nSPS) is 20.0. The number of aliphatic imine (C=N–C) groups is 2. The van der Waals surface area contributed by atoms with Crippen LogP contribution in [-0.4, -0.2) is 75.4 Å². The average Bonchev–Trinajstić information content (AvgIpc) is 3.46. The molecule has 11 heteroatoms. The fourth-order valence-electron chi connectivity index (χ4n) is 3.98. The van der Waals surface area contributed by atoms with E-state index in [9.17, 15) is 9.59 Å². The van der Waals surface area contributed by atoms with Crippen molar-refractivity contribution in [3.8, 4) is 6.19 Å². The Hall–Kier alpha value is -3.81. The molecular weight excluding hydrogens is 410 g/mol. The maximum atomic E-state index is 13.1. The molecule has 4 rings (SSSR count). The van der Waals surface area contributed by atoms with E-state index in [1.165, 1.54) is 6.21 Å². The van der Waals surface area contributed by atoms with E-state index in [-0.39, 0.29) is 24.3 Å². The monoisotopic (exact) mass is 435 g/mol. The number of carbonyl (C=O) groups is 2. The lowest BCUT2D eigenvalue weighted by atomic mass is 10.0. The van der Waals surface area contributed by atoms with Gasteiger partial charge in [-0.3, -0.25) is 14.9 Å². The van der Waals surface area contributed by atoms with Crippen LogP contribution in [0, 0.1) is 17.4 Å². The van der Waals surface area contributed by atoms with E-state index in [4.69, 9.17) is 5.26 Å². The van der Waals surface area contributed by atoms with Crippen LogP contribution in [0.5, 0.6) is 0 Å². The van der Waals surface area contributed by atoms with Crippen molar-refractivity contribution in [3.05, 3.63) is 18.2 Å². The van der Waals surface area contributed by atoms with Gasteiger partial charge in [0.15, 0.2) is 6.19 Å². The second-order valence-corrected chi connectivity index (χ2v) is 7.90. The van der Waals surface area contributed by atoms with Gasteiger partial charge in [0.1, 0.15) is 11.0 Å². The van der Waals surface area contributed by atoms with Gasteiger partial charge >= 0.3 is 0 Å². The number of hydrogen-bond donors (Lipinski definition) is 2. The van der Waals surface area contributed by atoms with Crippen LogP contribution in [0.25, 0.3) is 11.0 Å². The molecule has 2 saturated heterocycles. The topological polar surface area (TPSA) is 143 Å². The number of guanidine groups is 1. The van der Waals surface area contributed by atoms with Crippen LogP contribution in [0.15, 0.2) is 28.2 Å². The van der Waals surface area contributed by atoms with Crippen molar-refractivity contribution in [2.75, 3.05) is 26.2 Å². The van der Waals surface area contributed by atoms with Crippen molar-refractivity contribution in [2.24, 2.45) is 15.9 Å². The second-order valence-electron chi connectivity index (χ2n) is 7.90. The molecule has 32 heavy (non-hydrogen) atoms. The highest BCUT2D eigenvalue weighted by molar-refractivity contribution is 6.00. The standard InChI is InChI=1S/C21H25N9O2/c22-14-24-21(25-16-6-7-17-18(11-16)27-28-26-17)23-12-15-5-1-2-10-30(20(15)32)13-19(31)29-8-3-4-9-29/h6-7,11-12,15H,1-5,8-10,13H2,(H,24,25)(H,26,27,28)/b23-12-. The lowest BCUT2D eigenvalue weighted by Gasteiger charge is -2.25. The number of nitrogens with zero attached hydrogens (tertiary/aromatic N) is 7. The molecule has 1 atom stereocenters. The molecule has 166 valence electrons. The SMILES string of the molecule is N#CNC(=Nc1ccc2n[nH]nc2c1)/N=C\C1CCCCN(CC(=O)N2CCCC2)C1=O. The third-order valence-electron chi connectivity index (χ3n) is 5.69. The van der Waals surface area contributed by atoms with Crippen molar-refractivity contribution in [1.82, 2.24) is 30.5 Å². The van der Waals surface area contributed by atoms with Crippen molar-refractivity contribution in [1.29, 1.82) is 5.26 Å². The number of aromatic nitrogens is 3. The van der Waals surface area contributed by atoms with Crippen molar-refractivity contribution < 1.29 is 9.59 Å². The Morgan fingerprint density at radius 2 is 2.00 bits per heavy atom. The fourth-order valence-corrected chi connectivity index (χ4v) is 3.98. The van der Waals surface area contributed by atoms with Crippen LogP contribution >= 0.6 is 0 Å². The number of carbonyl (C=O) groups excluding carboxylic acids is 2. The highest BCUT2D eigenvalue weighted by Gasteiger charge is 2.29. The summed E-state index contributed by atoms with van der Waals surface area (Å²) in [7, 11) is 0. The minimum absolute atomic E-state index is 0.00471. The van der Waals surface area contributed by atoms with E-state index in [1.54, 1.807) is 23.1 Å². The number of benzene rings is 1. The Morgan fingerprint density at radius 1 is 1.22 bits per heavy atom. The van der Waals surface area contributed by atoms with Crippen molar-refractivity contribution in [2.45, 2.75) is 32.1 Å². The predicted octanol–water partition coefficient (Wildman–Crippen LogP) is 1.34. The first-order valence-corrected chi connectivity index (χ1v) is 10.8. The third kappa shape index (κ3) is 5.08. The number of fused-ring (bicyclic) bond motifs is 1. The number of rotatable bonds is 4. The molecule has 0 aliphatic carbocycles. The maximum Gasteiger partial charge on any atom is 0.242 e. The first kappa shape index (κ1) is 21.4. The number of likely N-dealkylation sites (tertiary alicyclic amines) is 2. The molecule has 0 spiro atoms. The smallest absolute Gasteiger partial charge is 0.242 e. The van der Waals surface area contributed by atoms with Crippen LogP contribution in [0.4, 0.5) is 5.69 Å². The third-order valence-corrected chi connectivity index (χ3v) is 5.69. The Bertz CT molecular complexity index is 1080. The average molecular weight is 435 g/mol. The van der Waals surface area contributed by atoms with Gasteiger partial charge in [0.2, 0.25) is 17.8 Å². The van der Waals surface area contributed by atoms with Gasteiger partial charge in [-0.05, 0) is 43.9 Å². The number of amides is 2. The number of nitrogens with one attached hydrogen (secondary N) is 2. The summed E-state index contributed by atoms with van der Waals surface area (Å²) in [5.41, 5.74) is 1.89. The van der Waals surface area contributed by atoms with Gasteiger partial charge in [0.25, 0.3) is 0 Å². The van der Waals surface area contributed by atoms with Gasteiger partial charge < -0.3 is 9.80 Å². The molecule has 1 aromatic carbocycles. The number of hydrogen-bond acceptors (Lipinski definition) is 6. The molecule has 11 nitrogen and oxygen atoms in total. The number of H-pyrrole nitrogens is 1. The van der Waals surface area contributed by atoms with Gasteiger partial charge in [0.05, 0.1) is 18.2 Å². The van der Waals surface area contributed by atoms with Crippen LogP contribution < -0.4 is 5.32 Å². The predicted molar refractivity (Wildman–Crippen MR) is 118 cm³/mol. The summed E-state index contributed by atoms with van der Waals surface area (Å²) in [4.78, 5) is 37.7. The van der Waals surface area contributed by atoms with Gasteiger partial charge in [-0.25, -0.2) is 9.98 Å². The van der Waals surface area contributed by atoms with Crippen LogP contribution in [0.3, 0.4) is 0 Å². The fraction of sp³-hybridized carbons (Fsp3) is 0.476. The van der Waals surface area contributed by atoms with Gasteiger partial charge in [-0.2, -0.15) is 20.7 Å². The number of aromatic amines is 1. The summed E-state index contributed by atoms with van der Waals surface area (Å²) in [6.45, 7) is 2.22. The van der Waals surface area contributed by atoms with E-state index in [0.29, 0.717) is 29.7 Å². The van der Waals surface area contributed by atoms with Gasteiger partial charge in [0, 0.05) is 25.8 Å². The quantitative estimate of drug-likeness (QED) is 0.321. The molecule has 3 heterocycles. The Morgan fingerprint density at radius 3 is 2.81 bits per heavy atom. The summed E-state index contributed by atoms with van der Waals surface area (Å²) < 4.78 is 0. The summed E-state index contributed by atoms with van der Waals surface area (Å²) in [6, 6.07) is 5.22. The zero-order chi connectivity index (χ0) is 22.3. The molecule has 0 saturated carbocycles. The lowest BCUT2D eigenvalue weighted by Crippen LogP contribution is -2.44. The van der Waals surface area contributed by atoms with Crippen LogP contribution in [0.2, 0.25) is 0 Å². The largest absolute Gasteiger partial charge is 0.341 e. The van der Waals surface area contributed by atoms with E-state index in [2.05, 4.69) is 30.7 Å². The molecule has 0 radical (unpaired) electrons. The number of nitriles is 1. The molecule has 2 amide bonds. The summed E-state index contributed by atoms with van der Waals surface area (Å²) in [5, 5.41) is 22.1. The first-order chi connectivity index (χ1) is 15.6. The zero-order valence-corrected chi connectivity index (χ0v) is 17.7. The summed E-state index contributed by atoms with van der Waals surface area (Å²) >= 11 is 0. The molecular formula is C21H25N9O2. The molecule has 2 N–H and O–H groups in total. The lowest BCUT2D eigenvalue weighted by molar-refractivity contribution is -0.140. The Kier molecular flexibility index (Phi) is 6.69. The minimum Gasteiger partial charge on any atom is -0.341 e. The second kappa shape index (κ2) is 10.00. The van der Waals surface area contributed by atoms with E-state index in [1.807, 2.05) is 11.1 Å². The van der Waals surface area contributed by atoms with E-state index >= 15 is 0 Å². The van der Waals surface area contributed by atoms with Crippen molar-refractivity contribution >= 4 is 40.7 Å². The molecule has 1 unspecified atom stereocenters. The molecule has 2 aliphatic rings. The van der Waals surface area contributed by atoms with Gasteiger partial charge in [-0.1, -0.05) is 6.42 Å². The Labute approximate surface area is 185 Å². The zero-order valence-electron chi connectivity index (χ0n) is 17.7. The molecule has 0 bridgehead atoms. The molecule has 1 aromatic heterocycles. The highest BCUT2D eigenvalue weighted by atomic mass is 16.2. The van der Waals surface area contributed by atoms with E-state index in [0.717, 1.165) is 38.8 Å². The van der Waals surface area contributed by atoms with Crippen LogP contribution in [-0.2, 0) is 9.59 Å². The molecule has 2 fully saturated rings. The van der Waals surface area contributed by atoms with Crippen LogP contribution in [0.1, 0.15) is 32.1 Å². The molecule has 2 aromatic rings. The van der Waals surface area contributed by atoms with E-state index < -0.39 is 5.92 Å². The first-order valence-electron chi connectivity index (χ1n) is 10.8. The maximum absolute atomic E-state index is 13.1. The van der Waals surface area contributed by atoms with Crippen molar-refractivity contribution in [3.63, 3.8) is 0 Å². The minimum atomic E-state index is -0.465. The Balaban J connectivity index is 1.47.